The molecular weight excluding hydrogens is 665 g/mol. The second-order valence-electron chi connectivity index (χ2n) is 12.9. The second-order valence-corrected chi connectivity index (χ2v) is 13.6. The van der Waals surface area contributed by atoms with E-state index in [0.717, 1.165) is 39.9 Å². The number of ether oxygens (including phenoxy) is 2. The highest BCUT2D eigenvalue weighted by atomic mass is 35.5. The van der Waals surface area contributed by atoms with Crippen LogP contribution in [-0.2, 0) is 17.9 Å². The summed E-state index contributed by atoms with van der Waals surface area (Å²) in [6.45, 7) is 4.90. The number of hydrogen-bond donors (Lipinski definition) is 3. The number of carbonyl (C=O) groups excluding carboxylic acids is 1. The van der Waals surface area contributed by atoms with E-state index in [2.05, 4.69) is 20.5 Å². The number of nitrogens with zero attached hydrogens (tertiary/aromatic N) is 5. The standard InChI is InChI=1S/C36H37Cl2N7O4/c1-36(47)19-44(20-36)17-24-18-45-16-22(13-29(48-2)34(45)42-24)33-32(38)26(11-12-40-33)25-5-4-6-27(31(25)37)28-9-7-21(35(43-28)49-3)14-39-15-23-8-10-30(46)41-23/h4-7,9,11-13,16,18,23,39,47H,8,10,14-15,17,19-20H2,1-3H3,(H,41,46)/t23-/m1/s1. The van der Waals surface area contributed by atoms with Gasteiger partial charge in [0.2, 0.25) is 11.8 Å². The molecule has 2 aliphatic rings. The Bertz CT molecular complexity index is 2040. The number of rotatable bonds is 11. The third-order valence-corrected chi connectivity index (χ3v) is 9.74. The maximum Gasteiger partial charge on any atom is 0.220 e. The van der Waals surface area contributed by atoms with Gasteiger partial charge >= 0.3 is 0 Å². The van der Waals surface area contributed by atoms with Crippen molar-refractivity contribution in [3.8, 4) is 45.3 Å². The molecule has 0 spiro atoms. The molecule has 0 bridgehead atoms. The SMILES string of the molecule is COc1nc(-c2cccc(-c3ccnc(-c4cc(OC)c5nc(CN6CC(C)(O)C6)cn5c4)c3Cl)c2Cl)ccc1CNC[C@H]1CCC(=O)N1. The summed E-state index contributed by atoms with van der Waals surface area (Å²) in [4.78, 5) is 27.9. The molecule has 3 N–H and O–H groups in total. The van der Waals surface area contributed by atoms with Crippen molar-refractivity contribution in [3.05, 3.63) is 82.4 Å². The number of methoxy groups -OCH3 is 2. The molecule has 5 aromatic rings. The first-order valence-electron chi connectivity index (χ1n) is 16.1. The lowest BCUT2D eigenvalue weighted by molar-refractivity contribution is -0.119. The minimum Gasteiger partial charge on any atom is -0.493 e. The van der Waals surface area contributed by atoms with Crippen LogP contribution in [0.5, 0.6) is 11.6 Å². The maximum atomic E-state index is 11.5. The molecule has 254 valence electrons. The Kier molecular flexibility index (Phi) is 9.21. The third-order valence-electron chi connectivity index (χ3n) is 8.95. The molecule has 2 aliphatic heterocycles. The van der Waals surface area contributed by atoms with Crippen molar-refractivity contribution < 1.29 is 19.4 Å². The summed E-state index contributed by atoms with van der Waals surface area (Å²) in [5, 5.41) is 17.4. The van der Waals surface area contributed by atoms with Gasteiger partial charge in [-0.3, -0.25) is 14.7 Å². The van der Waals surface area contributed by atoms with Crippen LogP contribution < -0.4 is 20.1 Å². The highest BCUT2D eigenvalue weighted by Crippen LogP contribution is 2.42. The number of aliphatic hydroxyl groups is 1. The Labute approximate surface area is 294 Å². The molecule has 4 aromatic heterocycles. The molecule has 0 unspecified atom stereocenters. The zero-order chi connectivity index (χ0) is 34.3. The highest BCUT2D eigenvalue weighted by Gasteiger charge is 2.36. The lowest BCUT2D eigenvalue weighted by atomic mass is 9.97. The third kappa shape index (κ3) is 6.82. The first kappa shape index (κ1) is 33.2. The predicted octanol–water partition coefficient (Wildman–Crippen LogP) is 5.38. The number of aromatic nitrogens is 4. The van der Waals surface area contributed by atoms with Crippen LogP contribution in [0.25, 0.3) is 39.3 Å². The van der Waals surface area contributed by atoms with E-state index in [9.17, 15) is 9.90 Å². The van der Waals surface area contributed by atoms with Gasteiger partial charge in [-0.1, -0.05) is 47.5 Å². The Balaban J connectivity index is 1.16. The maximum absolute atomic E-state index is 11.5. The van der Waals surface area contributed by atoms with Gasteiger partial charge in [0.1, 0.15) is 0 Å². The number of hydrogen-bond acceptors (Lipinski definition) is 9. The van der Waals surface area contributed by atoms with Gasteiger partial charge in [-0.15, -0.1) is 0 Å². The average Bonchev–Trinajstić information content (AvgIpc) is 3.69. The monoisotopic (exact) mass is 701 g/mol. The number of halogens is 2. The number of imidazole rings is 1. The summed E-state index contributed by atoms with van der Waals surface area (Å²) in [5.41, 5.74) is 5.99. The topological polar surface area (TPSA) is 126 Å². The Hall–Kier alpha value is -4.26. The summed E-state index contributed by atoms with van der Waals surface area (Å²) in [6.07, 6.45) is 7.02. The van der Waals surface area contributed by atoms with Crippen LogP contribution in [0, 0.1) is 0 Å². The van der Waals surface area contributed by atoms with E-state index in [1.165, 1.54) is 0 Å². The van der Waals surface area contributed by atoms with E-state index in [1.807, 2.05) is 66.2 Å². The summed E-state index contributed by atoms with van der Waals surface area (Å²) < 4.78 is 13.3. The van der Waals surface area contributed by atoms with Crippen LogP contribution in [-0.4, -0.2) is 80.8 Å². The van der Waals surface area contributed by atoms with E-state index >= 15 is 0 Å². The van der Waals surface area contributed by atoms with Crippen molar-refractivity contribution in [3.63, 3.8) is 0 Å². The fourth-order valence-corrected chi connectivity index (χ4v) is 7.31. The van der Waals surface area contributed by atoms with Crippen LogP contribution in [0.2, 0.25) is 10.0 Å². The molecule has 0 saturated carbocycles. The van der Waals surface area contributed by atoms with Crippen LogP contribution >= 0.6 is 23.2 Å². The van der Waals surface area contributed by atoms with E-state index in [0.29, 0.717) is 77.9 Å². The number of pyridine rings is 3. The van der Waals surface area contributed by atoms with Gasteiger partial charge in [0.05, 0.1) is 46.9 Å². The Morgan fingerprint density at radius 2 is 1.84 bits per heavy atom. The lowest BCUT2D eigenvalue weighted by Crippen LogP contribution is -2.59. The quantitative estimate of drug-likeness (QED) is 0.166. The summed E-state index contributed by atoms with van der Waals surface area (Å²) in [7, 11) is 3.21. The van der Waals surface area contributed by atoms with Gasteiger partial charge in [0.15, 0.2) is 11.4 Å². The van der Waals surface area contributed by atoms with Gasteiger partial charge in [0.25, 0.3) is 0 Å². The molecule has 13 heteroatoms. The number of β-amino-alcohol motifs (C(OH)–C–C–N with tert-alkyl or cyclic N) is 1. The molecule has 11 nitrogen and oxygen atoms in total. The fraction of sp³-hybridized carbons (Fsp3) is 0.333. The molecule has 0 aliphatic carbocycles. The van der Waals surface area contributed by atoms with Crippen LogP contribution in [0.1, 0.15) is 31.0 Å². The molecule has 49 heavy (non-hydrogen) atoms. The minimum atomic E-state index is -0.650. The van der Waals surface area contributed by atoms with Gasteiger partial charge in [-0.05, 0) is 31.5 Å². The van der Waals surface area contributed by atoms with E-state index in [4.69, 9.17) is 42.6 Å². The number of likely N-dealkylation sites (tertiary alicyclic amines) is 1. The first-order valence-corrected chi connectivity index (χ1v) is 16.9. The zero-order valence-electron chi connectivity index (χ0n) is 27.5. The number of amides is 1. The van der Waals surface area contributed by atoms with E-state index in [1.54, 1.807) is 20.4 Å². The first-order chi connectivity index (χ1) is 23.6. The summed E-state index contributed by atoms with van der Waals surface area (Å²) in [5.74, 6) is 1.18. The molecule has 1 aromatic carbocycles. The Morgan fingerprint density at radius 3 is 2.57 bits per heavy atom. The second kappa shape index (κ2) is 13.6. The number of carbonyl (C=O) groups is 1. The molecule has 2 saturated heterocycles. The van der Waals surface area contributed by atoms with Crippen LogP contribution in [0.3, 0.4) is 0 Å². The highest BCUT2D eigenvalue weighted by molar-refractivity contribution is 6.39. The van der Waals surface area contributed by atoms with Gasteiger partial charge < -0.3 is 29.6 Å². The number of nitrogens with one attached hydrogen (secondary N) is 2. The molecule has 2 fully saturated rings. The average molecular weight is 703 g/mol. The molecule has 0 radical (unpaired) electrons. The van der Waals surface area contributed by atoms with E-state index in [-0.39, 0.29) is 11.9 Å². The van der Waals surface area contributed by atoms with Crippen molar-refractivity contribution in [2.45, 2.75) is 44.5 Å². The molecular formula is C36H37Cl2N7O4. The van der Waals surface area contributed by atoms with Crippen molar-refractivity contribution in [1.82, 2.24) is 34.9 Å². The number of fused-ring (bicyclic) bond motifs is 1. The predicted molar refractivity (Wildman–Crippen MR) is 189 cm³/mol. The lowest BCUT2D eigenvalue weighted by Gasteiger charge is -2.43. The summed E-state index contributed by atoms with van der Waals surface area (Å²) in [6, 6.07) is 13.5. The van der Waals surface area contributed by atoms with Crippen molar-refractivity contribution in [1.29, 1.82) is 0 Å². The molecule has 6 heterocycles. The largest absolute Gasteiger partial charge is 0.493 e. The van der Waals surface area contributed by atoms with Crippen LogP contribution in [0.15, 0.2) is 61.1 Å². The zero-order valence-corrected chi connectivity index (χ0v) is 29.0. The normalized spacial score (nSPS) is 17.3. The molecule has 7 rings (SSSR count). The van der Waals surface area contributed by atoms with Crippen molar-refractivity contribution in [2.24, 2.45) is 0 Å². The molecule has 1 atom stereocenters. The van der Waals surface area contributed by atoms with Gasteiger partial charge in [-0.25, -0.2) is 9.97 Å². The number of benzene rings is 1. The molecule has 1 amide bonds. The van der Waals surface area contributed by atoms with Crippen molar-refractivity contribution in [2.75, 3.05) is 33.9 Å². The van der Waals surface area contributed by atoms with Gasteiger partial charge in [-0.2, -0.15) is 0 Å². The van der Waals surface area contributed by atoms with Crippen LogP contribution in [0.4, 0.5) is 0 Å². The summed E-state index contributed by atoms with van der Waals surface area (Å²) >= 11 is 14.2. The van der Waals surface area contributed by atoms with Crippen molar-refractivity contribution >= 4 is 34.8 Å². The minimum absolute atomic E-state index is 0.0967. The Morgan fingerprint density at radius 1 is 1.04 bits per heavy atom. The van der Waals surface area contributed by atoms with E-state index < -0.39 is 5.60 Å². The van der Waals surface area contributed by atoms with Gasteiger partial charge in [0, 0.05) is 91.6 Å². The smallest absolute Gasteiger partial charge is 0.220 e. The fourth-order valence-electron chi connectivity index (χ4n) is 6.66.